The van der Waals surface area contributed by atoms with Gasteiger partial charge in [-0.15, -0.1) is 22.7 Å². The van der Waals surface area contributed by atoms with Crippen molar-refractivity contribution in [1.82, 2.24) is 4.98 Å². The number of aromatic nitrogens is 1. The molecule has 102 valence electrons. The highest BCUT2D eigenvalue weighted by atomic mass is 32.2. The average Bonchev–Trinajstić information content (AvgIpc) is 2.95. The van der Waals surface area contributed by atoms with Gasteiger partial charge >= 0.3 is 5.97 Å². The highest BCUT2D eigenvalue weighted by molar-refractivity contribution is 7.98. The van der Waals surface area contributed by atoms with Crippen molar-refractivity contribution in [2.24, 2.45) is 5.92 Å². The van der Waals surface area contributed by atoms with E-state index in [-0.39, 0.29) is 0 Å². The lowest BCUT2D eigenvalue weighted by Crippen LogP contribution is -1.91. The minimum atomic E-state index is -0.884. The van der Waals surface area contributed by atoms with E-state index < -0.39 is 5.97 Å². The lowest BCUT2D eigenvalue weighted by atomic mass is 10.3. The van der Waals surface area contributed by atoms with Crippen molar-refractivity contribution in [2.45, 2.75) is 19.6 Å². The van der Waals surface area contributed by atoms with E-state index in [9.17, 15) is 4.79 Å². The van der Waals surface area contributed by atoms with Gasteiger partial charge in [0, 0.05) is 16.5 Å². The number of carboxylic acids is 1. The standard InChI is InChI=1S/C13H15NO2S3/c1-8(2)4-17-7-12-14-10(6-19-12)11-3-9(5-18-11)13(15)16/h3,5-6,8H,4,7H2,1-2H3,(H,15,16). The average molecular weight is 313 g/mol. The number of rotatable bonds is 6. The third-order valence-electron chi connectivity index (χ3n) is 2.33. The fourth-order valence-electron chi connectivity index (χ4n) is 1.45. The van der Waals surface area contributed by atoms with Crippen LogP contribution in [0.1, 0.15) is 29.2 Å². The predicted molar refractivity (Wildman–Crippen MR) is 83.4 cm³/mol. The summed E-state index contributed by atoms with van der Waals surface area (Å²) in [5.74, 6) is 1.88. The van der Waals surface area contributed by atoms with Crippen LogP contribution in [0.25, 0.3) is 10.6 Å². The molecule has 1 N–H and O–H groups in total. The quantitative estimate of drug-likeness (QED) is 0.855. The van der Waals surface area contributed by atoms with E-state index in [0.29, 0.717) is 11.5 Å². The Hall–Kier alpha value is -0.850. The van der Waals surface area contributed by atoms with Crippen molar-refractivity contribution < 1.29 is 9.90 Å². The number of hydrogen-bond donors (Lipinski definition) is 1. The molecule has 0 spiro atoms. The fraction of sp³-hybridized carbons (Fsp3) is 0.385. The van der Waals surface area contributed by atoms with E-state index in [2.05, 4.69) is 18.8 Å². The van der Waals surface area contributed by atoms with Crippen LogP contribution in [0.5, 0.6) is 0 Å². The molecule has 0 aromatic carbocycles. The Morgan fingerprint density at radius 1 is 1.42 bits per heavy atom. The summed E-state index contributed by atoms with van der Waals surface area (Å²) in [5.41, 5.74) is 1.23. The Labute approximate surface area is 124 Å². The van der Waals surface area contributed by atoms with E-state index in [1.165, 1.54) is 11.3 Å². The van der Waals surface area contributed by atoms with Crippen LogP contribution < -0.4 is 0 Å². The van der Waals surface area contributed by atoms with E-state index >= 15 is 0 Å². The minimum absolute atomic E-state index is 0.337. The van der Waals surface area contributed by atoms with Gasteiger partial charge in [-0.2, -0.15) is 11.8 Å². The first kappa shape index (κ1) is 14.6. The molecule has 2 heterocycles. The van der Waals surface area contributed by atoms with Gasteiger partial charge in [0.05, 0.1) is 16.1 Å². The van der Waals surface area contributed by atoms with Crippen LogP contribution in [0.15, 0.2) is 16.8 Å². The molecule has 0 radical (unpaired) electrons. The predicted octanol–water partition coefficient (Wildman–Crippen LogP) is 4.46. The largest absolute Gasteiger partial charge is 0.478 e. The van der Waals surface area contributed by atoms with Crippen LogP contribution in [0.2, 0.25) is 0 Å². The lowest BCUT2D eigenvalue weighted by Gasteiger charge is -2.01. The molecule has 2 rings (SSSR count). The molecule has 0 fully saturated rings. The summed E-state index contributed by atoms with van der Waals surface area (Å²) in [7, 11) is 0. The summed E-state index contributed by atoms with van der Waals surface area (Å²) in [4.78, 5) is 16.3. The SMILES string of the molecule is CC(C)CSCc1nc(-c2cc(C(=O)O)cs2)cs1. The molecule has 6 heteroatoms. The van der Waals surface area contributed by atoms with E-state index in [1.54, 1.807) is 22.8 Å². The van der Waals surface area contributed by atoms with Crippen molar-refractivity contribution in [3.8, 4) is 10.6 Å². The molecule has 0 aliphatic carbocycles. The molecule has 0 saturated carbocycles. The molecule has 19 heavy (non-hydrogen) atoms. The smallest absolute Gasteiger partial charge is 0.336 e. The Morgan fingerprint density at radius 3 is 2.84 bits per heavy atom. The van der Waals surface area contributed by atoms with Gasteiger partial charge in [0.25, 0.3) is 0 Å². The fourth-order valence-corrected chi connectivity index (χ4v) is 4.30. The molecule has 2 aromatic heterocycles. The summed E-state index contributed by atoms with van der Waals surface area (Å²) < 4.78 is 0. The molecule has 0 atom stereocenters. The molecule has 0 amide bonds. The van der Waals surface area contributed by atoms with Crippen LogP contribution in [0.4, 0.5) is 0 Å². The number of thiazole rings is 1. The van der Waals surface area contributed by atoms with Crippen LogP contribution in [0, 0.1) is 5.92 Å². The van der Waals surface area contributed by atoms with E-state index in [0.717, 1.165) is 27.1 Å². The number of thioether (sulfide) groups is 1. The van der Waals surface area contributed by atoms with Crippen molar-refractivity contribution in [1.29, 1.82) is 0 Å². The van der Waals surface area contributed by atoms with Crippen LogP contribution >= 0.6 is 34.4 Å². The van der Waals surface area contributed by atoms with Crippen molar-refractivity contribution in [3.05, 3.63) is 27.4 Å². The number of thiophene rings is 1. The van der Waals surface area contributed by atoms with E-state index in [1.807, 2.05) is 17.1 Å². The second kappa shape index (κ2) is 6.54. The zero-order chi connectivity index (χ0) is 13.8. The third kappa shape index (κ3) is 4.06. The van der Waals surface area contributed by atoms with Gasteiger partial charge in [0.2, 0.25) is 0 Å². The summed E-state index contributed by atoms with van der Waals surface area (Å²) in [6, 6.07) is 1.69. The number of hydrogen-bond acceptors (Lipinski definition) is 5. The van der Waals surface area contributed by atoms with Crippen molar-refractivity contribution >= 4 is 40.4 Å². The second-order valence-electron chi connectivity index (χ2n) is 4.54. The van der Waals surface area contributed by atoms with Crippen LogP contribution in [0.3, 0.4) is 0 Å². The summed E-state index contributed by atoms with van der Waals surface area (Å²) in [6.07, 6.45) is 0. The van der Waals surface area contributed by atoms with Gasteiger partial charge in [0.15, 0.2) is 0 Å². The normalized spacial score (nSPS) is 11.1. The Balaban J connectivity index is 2.01. The third-order valence-corrected chi connectivity index (χ3v) is 5.69. The zero-order valence-corrected chi connectivity index (χ0v) is 13.2. The van der Waals surface area contributed by atoms with Crippen molar-refractivity contribution in [3.63, 3.8) is 0 Å². The molecule has 3 nitrogen and oxygen atoms in total. The maximum absolute atomic E-state index is 10.8. The van der Waals surface area contributed by atoms with Gasteiger partial charge < -0.3 is 5.11 Å². The number of carboxylic acid groups (broad SMARTS) is 1. The second-order valence-corrected chi connectivity index (χ2v) is 7.42. The highest BCUT2D eigenvalue weighted by Crippen LogP contribution is 2.29. The zero-order valence-electron chi connectivity index (χ0n) is 10.8. The Kier molecular flexibility index (Phi) is 5.01. The van der Waals surface area contributed by atoms with Gasteiger partial charge in [-0.25, -0.2) is 9.78 Å². The number of nitrogens with zero attached hydrogens (tertiary/aromatic N) is 1. The van der Waals surface area contributed by atoms with E-state index in [4.69, 9.17) is 5.11 Å². The molecule has 0 bridgehead atoms. The number of carbonyl (C=O) groups is 1. The van der Waals surface area contributed by atoms with Crippen LogP contribution in [-0.4, -0.2) is 21.8 Å². The van der Waals surface area contributed by atoms with Gasteiger partial charge in [0.1, 0.15) is 5.01 Å². The number of aromatic carboxylic acids is 1. The van der Waals surface area contributed by atoms with Gasteiger partial charge in [-0.3, -0.25) is 0 Å². The Bertz CT molecular complexity index is 560. The Morgan fingerprint density at radius 2 is 2.21 bits per heavy atom. The maximum atomic E-state index is 10.8. The van der Waals surface area contributed by atoms with Crippen molar-refractivity contribution in [2.75, 3.05) is 5.75 Å². The maximum Gasteiger partial charge on any atom is 0.336 e. The first-order valence-electron chi connectivity index (χ1n) is 5.90. The molecular formula is C13H15NO2S3. The summed E-state index contributed by atoms with van der Waals surface area (Å²) >= 11 is 4.96. The molecular weight excluding hydrogens is 298 g/mol. The van der Waals surface area contributed by atoms with Gasteiger partial charge in [-0.05, 0) is 17.7 Å². The molecule has 2 aromatic rings. The molecule has 0 aliphatic heterocycles. The van der Waals surface area contributed by atoms with Crippen LogP contribution in [-0.2, 0) is 5.75 Å². The topological polar surface area (TPSA) is 50.2 Å². The summed E-state index contributed by atoms with van der Waals surface area (Å²) in [5, 5.41) is 13.7. The molecule has 0 aliphatic rings. The monoisotopic (exact) mass is 313 g/mol. The minimum Gasteiger partial charge on any atom is -0.478 e. The first-order valence-corrected chi connectivity index (χ1v) is 8.82. The summed E-state index contributed by atoms with van der Waals surface area (Å²) in [6.45, 7) is 4.42. The highest BCUT2D eigenvalue weighted by Gasteiger charge is 2.11. The molecule has 0 saturated heterocycles. The lowest BCUT2D eigenvalue weighted by molar-refractivity contribution is 0.0697. The molecule has 0 unspecified atom stereocenters. The van der Waals surface area contributed by atoms with Gasteiger partial charge in [-0.1, -0.05) is 13.8 Å². The first-order chi connectivity index (χ1) is 9.06.